The van der Waals surface area contributed by atoms with Gasteiger partial charge in [-0.15, -0.1) is 5.10 Å². The van der Waals surface area contributed by atoms with Gasteiger partial charge >= 0.3 is 0 Å². The van der Waals surface area contributed by atoms with E-state index < -0.39 is 10.0 Å². The lowest BCUT2D eigenvalue weighted by Crippen LogP contribution is -2.19. The standard InChI is InChI=1S/C15H17N7O2S/c1-10-5-6-13(18-17-10)22-14(8-11(2)19-22)20-25(23,24)15-9-16-12-4-3-7-21(12)15/h5-6,8-9,20H,3-4,7H2,1-2H3. The van der Waals surface area contributed by atoms with Gasteiger partial charge in [0.15, 0.2) is 10.8 Å². The minimum atomic E-state index is -3.78. The van der Waals surface area contributed by atoms with Crippen molar-refractivity contribution in [2.45, 2.75) is 38.3 Å². The first kappa shape index (κ1) is 15.8. The van der Waals surface area contributed by atoms with Crippen molar-refractivity contribution >= 4 is 15.8 Å². The number of hydrogen-bond donors (Lipinski definition) is 1. The molecule has 0 bridgehead atoms. The van der Waals surface area contributed by atoms with Gasteiger partial charge in [0.25, 0.3) is 10.0 Å². The number of aromatic nitrogens is 6. The maximum absolute atomic E-state index is 12.8. The number of fused-ring (bicyclic) bond motifs is 1. The molecule has 0 saturated carbocycles. The second-order valence-corrected chi connectivity index (χ2v) is 7.62. The molecule has 0 atom stereocenters. The highest BCUT2D eigenvalue weighted by Crippen LogP contribution is 2.23. The molecule has 0 aromatic carbocycles. The van der Waals surface area contributed by atoms with Crippen LogP contribution < -0.4 is 4.72 Å². The van der Waals surface area contributed by atoms with Gasteiger partial charge in [-0.1, -0.05) is 0 Å². The Morgan fingerprint density at radius 2 is 2.00 bits per heavy atom. The van der Waals surface area contributed by atoms with E-state index in [1.807, 2.05) is 6.92 Å². The Morgan fingerprint density at radius 3 is 2.76 bits per heavy atom. The molecule has 0 fully saturated rings. The van der Waals surface area contributed by atoms with E-state index in [0.29, 0.717) is 23.9 Å². The van der Waals surface area contributed by atoms with E-state index in [-0.39, 0.29) is 5.03 Å². The van der Waals surface area contributed by atoms with Crippen molar-refractivity contribution in [1.82, 2.24) is 29.5 Å². The van der Waals surface area contributed by atoms with Crippen LogP contribution in [0, 0.1) is 13.8 Å². The highest BCUT2D eigenvalue weighted by Gasteiger charge is 2.26. The topological polar surface area (TPSA) is 108 Å². The van der Waals surface area contributed by atoms with Gasteiger partial charge in [0.1, 0.15) is 11.6 Å². The number of sulfonamides is 1. The van der Waals surface area contributed by atoms with Crippen LogP contribution in [0.15, 0.2) is 29.4 Å². The maximum atomic E-state index is 12.8. The Hall–Kier alpha value is -2.75. The number of aryl methyl sites for hydroxylation is 3. The third-order valence-electron chi connectivity index (χ3n) is 4.03. The molecule has 9 nitrogen and oxygen atoms in total. The quantitative estimate of drug-likeness (QED) is 0.750. The summed E-state index contributed by atoms with van der Waals surface area (Å²) in [6.07, 6.45) is 3.10. The molecule has 1 aliphatic heterocycles. The Bertz CT molecular complexity index is 1030. The fraction of sp³-hybridized carbons (Fsp3) is 0.333. The molecule has 130 valence electrons. The Labute approximate surface area is 144 Å². The summed E-state index contributed by atoms with van der Waals surface area (Å²) in [6.45, 7) is 4.27. The normalized spacial score (nSPS) is 13.8. The minimum Gasteiger partial charge on any atom is -0.318 e. The van der Waals surface area contributed by atoms with Gasteiger partial charge in [-0.05, 0) is 32.4 Å². The molecule has 4 heterocycles. The van der Waals surface area contributed by atoms with Gasteiger partial charge in [-0.2, -0.15) is 23.3 Å². The van der Waals surface area contributed by atoms with Crippen LogP contribution in [0.1, 0.15) is 23.6 Å². The van der Waals surface area contributed by atoms with Crippen LogP contribution in [0.3, 0.4) is 0 Å². The molecule has 0 aliphatic carbocycles. The van der Waals surface area contributed by atoms with Crippen molar-refractivity contribution in [2.75, 3.05) is 4.72 Å². The summed E-state index contributed by atoms with van der Waals surface area (Å²) < 4.78 is 31.4. The third-order valence-corrected chi connectivity index (χ3v) is 5.38. The average Bonchev–Trinajstić information content (AvgIpc) is 3.23. The molecule has 3 aromatic rings. The molecule has 3 aromatic heterocycles. The third kappa shape index (κ3) is 2.78. The molecule has 0 unspecified atom stereocenters. The van der Waals surface area contributed by atoms with Crippen molar-refractivity contribution in [3.63, 3.8) is 0 Å². The first-order valence-corrected chi connectivity index (χ1v) is 9.37. The molecule has 1 N–H and O–H groups in total. The summed E-state index contributed by atoms with van der Waals surface area (Å²) in [4.78, 5) is 4.20. The van der Waals surface area contributed by atoms with E-state index >= 15 is 0 Å². The zero-order valence-electron chi connectivity index (χ0n) is 13.8. The highest BCUT2D eigenvalue weighted by atomic mass is 32.2. The summed E-state index contributed by atoms with van der Waals surface area (Å²) in [5.74, 6) is 1.55. The van der Waals surface area contributed by atoms with Crippen LogP contribution in [0.4, 0.5) is 5.82 Å². The summed E-state index contributed by atoms with van der Waals surface area (Å²) in [7, 11) is -3.78. The molecule has 0 amide bonds. The first-order valence-electron chi connectivity index (χ1n) is 7.89. The molecule has 0 saturated heterocycles. The van der Waals surface area contributed by atoms with Gasteiger partial charge in [0.2, 0.25) is 0 Å². The largest absolute Gasteiger partial charge is 0.318 e. The molecule has 4 rings (SSSR count). The monoisotopic (exact) mass is 359 g/mol. The van der Waals surface area contributed by atoms with Crippen LogP contribution in [0.2, 0.25) is 0 Å². The Balaban J connectivity index is 1.72. The van der Waals surface area contributed by atoms with Gasteiger partial charge in [-0.3, -0.25) is 4.72 Å². The number of hydrogen-bond acceptors (Lipinski definition) is 6. The molecule has 0 spiro atoms. The Morgan fingerprint density at radius 1 is 1.16 bits per heavy atom. The fourth-order valence-electron chi connectivity index (χ4n) is 2.89. The molecule has 1 aliphatic rings. The number of rotatable bonds is 4. The summed E-state index contributed by atoms with van der Waals surface area (Å²) >= 11 is 0. The van der Waals surface area contributed by atoms with Crippen LogP contribution >= 0.6 is 0 Å². The lowest BCUT2D eigenvalue weighted by atomic mass is 10.4. The SMILES string of the molecule is Cc1ccc(-n2nc(C)cc2NS(=O)(=O)c2cnc3n2CCC3)nn1. The van der Waals surface area contributed by atoms with Crippen LogP contribution in [0.25, 0.3) is 5.82 Å². The van der Waals surface area contributed by atoms with E-state index in [1.54, 1.807) is 29.7 Å². The zero-order valence-corrected chi connectivity index (χ0v) is 14.7. The van der Waals surface area contributed by atoms with Gasteiger partial charge in [-0.25, -0.2) is 4.98 Å². The number of anilines is 1. The first-order chi connectivity index (χ1) is 11.9. The van der Waals surface area contributed by atoms with E-state index in [9.17, 15) is 8.42 Å². The molecular weight excluding hydrogens is 342 g/mol. The molecule has 0 radical (unpaired) electrons. The van der Waals surface area contributed by atoms with Gasteiger partial charge in [0.05, 0.1) is 17.6 Å². The minimum absolute atomic E-state index is 0.167. The second-order valence-electron chi connectivity index (χ2n) is 5.99. The van der Waals surface area contributed by atoms with E-state index in [2.05, 4.69) is 25.0 Å². The van der Waals surface area contributed by atoms with Crippen LogP contribution in [-0.2, 0) is 23.0 Å². The van der Waals surface area contributed by atoms with Gasteiger partial charge < -0.3 is 4.57 Å². The van der Waals surface area contributed by atoms with Crippen LogP contribution in [-0.4, -0.2) is 37.9 Å². The van der Waals surface area contributed by atoms with Gasteiger partial charge in [0, 0.05) is 19.0 Å². The van der Waals surface area contributed by atoms with Crippen LogP contribution in [0.5, 0.6) is 0 Å². The maximum Gasteiger partial charge on any atom is 0.280 e. The molecule has 10 heteroatoms. The predicted octanol–water partition coefficient (Wildman–Crippen LogP) is 1.22. The highest BCUT2D eigenvalue weighted by molar-refractivity contribution is 7.92. The van der Waals surface area contributed by atoms with Crippen molar-refractivity contribution in [3.05, 3.63) is 41.6 Å². The lowest BCUT2D eigenvalue weighted by molar-refractivity contribution is 0.583. The lowest BCUT2D eigenvalue weighted by Gasteiger charge is -2.10. The van der Waals surface area contributed by atoms with E-state index in [4.69, 9.17) is 0 Å². The zero-order chi connectivity index (χ0) is 17.6. The van der Waals surface area contributed by atoms with Crippen molar-refractivity contribution in [3.8, 4) is 5.82 Å². The number of nitrogens with one attached hydrogen (secondary N) is 1. The Kier molecular flexibility index (Phi) is 3.57. The second kappa shape index (κ2) is 5.66. The molecule has 25 heavy (non-hydrogen) atoms. The predicted molar refractivity (Wildman–Crippen MR) is 90.0 cm³/mol. The van der Waals surface area contributed by atoms with E-state index in [0.717, 1.165) is 24.4 Å². The summed E-state index contributed by atoms with van der Waals surface area (Å²) in [5.41, 5.74) is 1.43. The van der Waals surface area contributed by atoms with E-state index in [1.165, 1.54) is 10.9 Å². The van der Waals surface area contributed by atoms with Crippen molar-refractivity contribution in [2.24, 2.45) is 0 Å². The fourth-order valence-corrected chi connectivity index (χ4v) is 4.09. The summed E-state index contributed by atoms with van der Waals surface area (Å²) in [5, 5.41) is 12.5. The average molecular weight is 359 g/mol. The number of imidazole rings is 1. The molecular formula is C15H17N7O2S. The number of nitrogens with zero attached hydrogens (tertiary/aromatic N) is 6. The van der Waals surface area contributed by atoms with Crippen molar-refractivity contribution in [1.29, 1.82) is 0 Å². The summed E-state index contributed by atoms with van der Waals surface area (Å²) in [6, 6.07) is 5.19. The smallest absolute Gasteiger partial charge is 0.280 e. The van der Waals surface area contributed by atoms with Crippen molar-refractivity contribution < 1.29 is 8.42 Å².